The zero-order chi connectivity index (χ0) is 19.4. The van der Waals surface area contributed by atoms with Gasteiger partial charge in [0, 0.05) is 23.2 Å². The van der Waals surface area contributed by atoms with Crippen molar-refractivity contribution in [2.75, 3.05) is 27.2 Å². The van der Waals surface area contributed by atoms with E-state index in [1.807, 2.05) is 32.0 Å². The molecule has 2 atom stereocenters. The van der Waals surface area contributed by atoms with Crippen LogP contribution in [0.3, 0.4) is 0 Å². The van der Waals surface area contributed by atoms with Crippen LogP contribution in [0.25, 0.3) is 0 Å². The number of hydrogen-bond acceptors (Lipinski definition) is 4. The van der Waals surface area contributed by atoms with E-state index < -0.39 is 5.91 Å². The predicted octanol–water partition coefficient (Wildman–Crippen LogP) is 1.52. The molecule has 0 aliphatic heterocycles. The highest BCUT2D eigenvalue weighted by atomic mass is 16.1. The second-order valence-electron chi connectivity index (χ2n) is 5.94. The molecule has 2 amide bonds. The van der Waals surface area contributed by atoms with Gasteiger partial charge in [-0.3, -0.25) is 14.5 Å². The topological polar surface area (TPSA) is 92.7 Å². The Bertz CT molecular complexity index is 440. The summed E-state index contributed by atoms with van der Waals surface area (Å²) in [5.74, 6) is -0.753. The highest BCUT2D eigenvalue weighted by Gasteiger charge is 2.13. The molecule has 0 saturated heterocycles. The number of rotatable bonds is 9. The minimum absolute atomic E-state index is 0.0255. The number of nitrogens with two attached hydrogens (primary N) is 2. The molecule has 0 saturated carbocycles. The molecule has 0 aliphatic rings. The highest BCUT2D eigenvalue weighted by Crippen LogP contribution is 2.08. The van der Waals surface area contributed by atoms with Crippen molar-refractivity contribution in [1.82, 2.24) is 9.80 Å². The second kappa shape index (κ2) is 12.7. The van der Waals surface area contributed by atoms with E-state index in [0.29, 0.717) is 17.2 Å². The zero-order valence-corrected chi connectivity index (χ0v) is 16.4. The first kappa shape index (κ1) is 24.6. The van der Waals surface area contributed by atoms with Crippen molar-refractivity contribution >= 4 is 11.8 Å². The number of amides is 2. The van der Waals surface area contributed by atoms with Gasteiger partial charge >= 0.3 is 0 Å². The molecule has 140 valence electrons. The van der Waals surface area contributed by atoms with Crippen molar-refractivity contribution in [1.29, 1.82) is 0 Å². The quantitative estimate of drug-likeness (QED) is 0.622. The summed E-state index contributed by atoms with van der Waals surface area (Å²) in [5, 5.41) is 0. The summed E-state index contributed by atoms with van der Waals surface area (Å²) in [6.45, 7) is 15.6. The molecular formula is C18H36N4O2. The first-order valence-electron chi connectivity index (χ1n) is 8.40. The van der Waals surface area contributed by atoms with Crippen LogP contribution in [0.4, 0.5) is 0 Å². The largest absolute Gasteiger partial charge is 0.366 e. The average Bonchev–Trinajstić information content (AvgIpc) is 2.53. The molecule has 0 aromatic heterocycles. The van der Waals surface area contributed by atoms with Crippen LogP contribution in [0.2, 0.25) is 0 Å². The van der Waals surface area contributed by atoms with Crippen molar-refractivity contribution in [3.63, 3.8) is 0 Å². The van der Waals surface area contributed by atoms with E-state index in [1.165, 1.54) is 0 Å². The minimum atomic E-state index is -0.429. The summed E-state index contributed by atoms with van der Waals surface area (Å²) in [5.41, 5.74) is 11.3. The summed E-state index contributed by atoms with van der Waals surface area (Å²) in [4.78, 5) is 25.6. The standard InChI is InChI=1S/C11H22N2O.C7H14N2O/c1-5-10(13(6-2)7-3)8-9(4)11(12)14;1-5(7(8)10)6(2)9(3)4/h8,10H,5-7H2,1-4H3,(H2,12,14);6H,1H2,2-4H3,(H2,8,10)/b9-8+;. The van der Waals surface area contributed by atoms with E-state index in [2.05, 4.69) is 32.3 Å². The van der Waals surface area contributed by atoms with Crippen molar-refractivity contribution in [2.24, 2.45) is 11.5 Å². The van der Waals surface area contributed by atoms with Gasteiger partial charge in [0.25, 0.3) is 0 Å². The Labute approximate surface area is 147 Å². The third-order valence-electron chi connectivity index (χ3n) is 4.13. The van der Waals surface area contributed by atoms with Crippen LogP contribution in [0, 0.1) is 0 Å². The number of nitrogens with zero attached hydrogens (tertiary/aromatic N) is 2. The van der Waals surface area contributed by atoms with Crippen molar-refractivity contribution in [3.8, 4) is 0 Å². The van der Waals surface area contributed by atoms with Gasteiger partial charge in [-0.25, -0.2) is 0 Å². The maximum atomic E-state index is 10.9. The first-order chi connectivity index (χ1) is 11.0. The molecule has 24 heavy (non-hydrogen) atoms. The van der Waals surface area contributed by atoms with E-state index in [4.69, 9.17) is 11.5 Å². The van der Waals surface area contributed by atoms with Gasteiger partial charge in [0.2, 0.25) is 11.8 Å². The molecule has 6 nitrogen and oxygen atoms in total. The van der Waals surface area contributed by atoms with Gasteiger partial charge in [0.05, 0.1) is 0 Å². The fraction of sp³-hybridized carbons (Fsp3) is 0.667. The van der Waals surface area contributed by atoms with Crippen LogP contribution in [0.5, 0.6) is 0 Å². The van der Waals surface area contributed by atoms with Gasteiger partial charge in [0.1, 0.15) is 0 Å². The molecule has 0 aromatic carbocycles. The van der Waals surface area contributed by atoms with E-state index in [9.17, 15) is 9.59 Å². The highest BCUT2D eigenvalue weighted by molar-refractivity contribution is 5.92. The molecule has 0 rings (SSSR count). The molecule has 0 fully saturated rings. The fourth-order valence-corrected chi connectivity index (χ4v) is 2.06. The van der Waals surface area contributed by atoms with Gasteiger partial charge in [-0.15, -0.1) is 0 Å². The van der Waals surface area contributed by atoms with Gasteiger partial charge in [-0.05, 0) is 47.5 Å². The van der Waals surface area contributed by atoms with Crippen LogP contribution in [0.15, 0.2) is 23.8 Å². The third-order valence-corrected chi connectivity index (χ3v) is 4.13. The number of likely N-dealkylation sites (N-methyl/N-ethyl adjacent to an activating group) is 2. The van der Waals surface area contributed by atoms with Crippen molar-refractivity contribution in [2.45, 2.75) is 53.1 Å². The molecule has 0 heterocycles. The van der Waals surface area contributed by atoms with Gasteiger partial charge in [0.15, 0.2) is 0 Å². The molecule has 0 bridgehead atoms. The monoisotopic (exact) mass is 340 g/mol. The molecule has 0 aromatic rings. The lowest BCUT2D eigenvalue weighted by molar-refractivity contribution is -0.115. The van der Waals surface area contributed by atoms with Crippen molar-refractivity contribution < 1.29 is 9.59 Å². The summed E-state index contributed by atoms with van der Waals surface area (Å²) in [6, 6.07) is 0.356. The Kier molecular flexibility index (Phi) is 13.0. The lowest BCUT2D eigenvalue weighted by Gasteiger charge is -2.26. The normalized spacial score (nSPS) is 14.0. The molecule has 2 unspecified atom stereocenters. The van der Waals surface area contributed by atoms with E-state index in [-0.39, 0.29) is 11.9 Å². The second-order valence-corrected chi connectivity index (χ2v) is 5.94. The van der Waals surface area contributed by atoms with Gasteiger partial charge in [-0.2, -0.15) is 0 Å². The lowest BCUT2D eigenvalue weighted by atomic mass is 10.1. The molecular weight excluding hydrogens is 304 g/mol. The third kappa shape index (κ3) is 9.47. The molecule has 0 aliphatic carbocycles. The number of carbonyl (C=O) groups excluding carboxylic acids is 2. The molecule has 4 N–H and O–H groups in total. The average molecular weight is 341 g/mol. The van der Waals surface area contributed by atoms with E-state index in [1.54, 1.807) is 6.92 Å². The molecule has 0 radical (unpaired) electrons. The Morgan fingerprint density at radius 3 is 1.75 bits per heavy atom. The number of primary amides is 2. The predicted molar refractivity (Wildman–Crippen MR) is 101 cm³/mol. The van der Waals surface area contributed by atoms with E-state index >= 15 is 0 Å². The zero-order valence-electron chi connectivity index (χ0n) is 16.4. The Balaban J connectivity index is 0. The number of carbonyl (C=O) groups is 2. The first-order valence-corrected chi connectivity index (χ1v) is 8.40. The van der Waals surface area contributed by atoms with E-state index in [0.717, 1.165) is 19.5 Å². The van der Waals surface area contributed by atoms with Crippen molar-refractivity contribution in [3.05, 3.63) is 23.8 Å². The SMILES string of the molecule is C=C(C(N)=O)C(C)N(C)C.CCC(/C=C(\C)C(N)=O)N(CC)CC. The van der Waals surface area contributed by atoms with Crippen LogP contribution in [-0.4, -0.2) is 60.9 Å². The van der Waals surface area contributed by atoms with Gasteiger partial charge < -0.3 is 16.4 Å². The van der Waals surface area contributed by atoms with Gasteiger partial charge in [-0.1, -0.05) is 33.4 Å². The van der Waals surface area contributed by atoms with Crippen LogP contribution >= 0.6 is 0 Å². The minimum Gasteiger partial charge on any atom is -0.366 e. The molecule has 0 spiro atoms. The van der Waals surface area contributed by atoms with Crippen LogP contribution in [0.1, 0.15) is 41.0 Å². The van der Waals surface area contributed by atoms with Crippen LogP contribution in [-0.2, 0) is 9.59 Å². The maximum absolute atomic E-state index is 10.9. The summed E-state index contributed by atoms with van der Waals surface area (Å²) in [6.07, 6.45) is 2.97. The number of hydrogen-bond donors (Lipinski definition) is 2. The maximum Gasteiger partial charge on any atom is 0.245 e. The molecule has 6 heteroatoms. The summed E-state index contributed by atoms with van der Waals surface area (Å²) >= 11 is 0. The van der Waals surface area contributed by atoms with Crippen LogP contribution < -0.4 is 11.5 Å². The fourth-order valence-electron chi connectivity index (χ4n) is 2.06. The smallest absolute Gasteiger partial charge is 0.245 e. The Morgan fingerprint density at radius 1 is 1.08 bits per heavy atom. The summed E-state index contributed by atoms with van der Waals surface area (Å²) < 4.78 is 0. The Morgan fingerprint density at radius 2 is 1.54 bits per heavy atom. The Hall–Kier alpha value is -1.66. The summed E-state index contributed by atoms with van der Waals surface area (Å²) in [7, 11) is 3.75. The lowest BCUT2D eigenvalue weighted by Crippen LogP contribution is -2.33.